The number of benzene rings is 1. The van der Waals surface area contributed by atoms with Gasteiger partial charge in [-0.1, -0.05) is 43.6 Å². The summed E-state index contributed by atoms with van der Waals surface area (Å²) >= 11 is 6.18. The summed E-state index contributed by atoms with van der Waals surface area (Å²) in [6.07, 6.45) is 4.31. The molecule has 1 aliphatic rings. The molecule has 1 aromatic carbocycles. The molecule has 0 aromatic heterocycles. The van der Waals surface area contributed by atoms with E-state index in [1.54, 1.807) is 0 Å². The second kappa shape index (κ2) is 4.05. The molecule has 0 aliphatic heterocycles. The summed E-state index contributed by atoms with van der Waals surface area (Å²) in [6.45, 7) is 4.60. The lowest BCUT2D eigenvalue weighted by Crippen LogP contribution is -2.40. The van der Waals surface area contributed by atoms with Crippen LogP contribution in [0.3, 0.4) is 0 Å². The SMILES string of the molecule is CC1(C)CCC(N)(Cc2ccccc2Cl)C1. The van der Waals surface area contributed by atoms with Crippen molar-refractivity contribution in [2.24, 2.45) is 11.1 Å². The summed E-state index contributed by atoms with van der Waals surface area (Å²) < 4.78 is 0. The molecule has 1 atom stereocenters. The zero-order valence-electron chi connectivity index (χ0n) is 10.1. The highest BCUT2D eigenvalue weighted by Gasteiger charge is 2.40. The second-order valence-electron chi connectivity index (χ2n) is 5.97. The lowest BCUT2D eigenvalue weighted by molar-refractivity contribution is 0.334. The van der Waals surface area contributed by atoms with Gasteiger partial charge < -0.3 is 5.73 Å². The molecule has 2 N–H and O–H groups in total. The van der Waals surface area contributed by atoms with E-state index in [2.05, 4.69) is 19.9 Å². The first-order valence-corrected chi connectivity index (χ1v) is 6.30. The number of hydrogen-bond donors (Lipinski definition) is 1. The maximum absolute atomic E-state index is 6.48. The van der Waals surface area contributed by atoms with Crippen molar-refractivity contribution in [3.05, 3.63) is 34.9 Å². The summed E-state index contributed by atoms with van der Waals surface area (Å²) in [5.41, 5.74) is 7.99. The van der Waals surface area contributed by atoms with Gasteiger partial charge in [-0.15, -0.1) is 0 Å². The van der Waals surface area contributed by atoms with Crippen LogP contribution in [0.5, 0.6) is 0 Å². The molecule has 0 radical (unpaired) electrons. The van der Waals surface area contributed by atoms with Crippen molar-refractivity contribution in [2.75, 3.05) is 0 Å². The summed E-state index contributed by atoms with van der Waals surface area (Å²) in [5, 5.41) is 0.844. The van der Waals surface area contributed by atoms with E-state index in [1.807, 2.05) is 18.2 Å². The Hall–Kier alpha value is -0.530. The Morgan fingerprint density at radius 3 is 2.50 bits per heavy atom. The average Bonchev–Trinajstić information content (AvgIpc) is 2.45. The number of nitrogens with two attached hydrogens (primary N) is 1. The molecule has 1 unspecified atom stereocenters. The quantitative estimate of drug-likeness (QED) is 0.832. The maximum Gasteiger partial charge on any atom is 0.0438 e. The highest BCUT2D eigenvalue weighted by Crippen LogP contribution is 2.44. The fourth-order valence-corrected chi connectivity index (χ4v) is 3.09. The topological polar surface area (TPSA) is 26.0 Å². The predicted molar refractivity (Wildman–Crippen MR) is 69.7 cm³/mol. The van der Waals surface area contributed by atoms with Gasteiger partial charge in [0, 0.05) is 10.6 Å². The molecule has 0 heterocycles. The minimum Gasteiger partial charge on any atom is -0.325 e. The van der Waals surface area contributed by atoms with Crippen molar-refractivity contribution < 1.29 is 0 Å². The van der Waals surface area contributed by atoms with E-state index in [0.29, 0.717) is 5.41 Å². The molecule has 0 bridgehead atoms. The van der Waals surface area contributed by atoms with Gasteiger partial charge in [0.1, 0.15) is 0 Å². The summed E-state index contributed by atoms with van der Waals surface area (Å²) in [4.78, 5) is 0. The zero-order chi connectivity index (χ0) is 11.8. The standard InChI is InChI=1S/C14H20ClN/c1-13(2)7-8-14(16,10-13)9-11-5-3-4-6-12(11)15/h3-6H,7-10,16H2,1-2H3. The molecule has 0 amide bonds. The van der Waals surface area contributed by atoms with Gasteiger partial charge in [-0.3, -0.25) is 0 Å². The molecular weight excluding hydrogens is 218 g/mol. The van der Waals surface area contributed by atoms with E-state index in [-0.39, 0.29) is 5.54 Å². The van der Waals surface area contributed by atoms with Crippen LogP contribution >= 0.6 is 11.6 Å². The Kier molecular flexibility index (Phi) is 3.02. The van der Waals surface area contributed by atoms with Crippen molar-refractivity contribution in [3.63, 3.8) is 0 Å². The minimum absolute atomic E-state index is 0.0610. The molecule has 0 saturated heterocycles. The first-order chi connectivity index (χ1) is 7.40. The lowest BCUT2D eigenvalue weighted by Gasteiger charge is -2.27. The van der Waals surface area contributed by atoms with E-state index < -0.39 is 0 Å². The van der Waals surface area contributed by atoms with Gasteiger partial charge in [-0.05, 0) is 42.7 Å². The third kappa shape index (κ3) is 2.58. The van der Waals surface area contributed by atoms with E-state index in [0.717, 1.165) is 24.3 Å². The fraction of sp³-hybridized carbons (Fsp3) is 0.571. The largest absolute Gasteiger partial charge is 0.325 e. The first kappa shape index (κ1) is 11.9. The Bertz CT molecular complexity index is 386. The molecule has 2 heteroatoms. The first-order valence-electron chi connectivity index (χ1n) is 5.93. The van der Waals surface area contributed by atoms with Crippen LogP contribution in [0.1, 0.15) is 38.7 Å². The predicted octanol–water partition coefficient (Wildman–Crippen LogP) is 3.79. The molecule has 1 aliphatic carbocycles. The number of rotatable bonds is 2. The van der Waals surface area contributed by atoms with Gasteiger partial charge in [0.15, 0.2) is 0 Å². The van der Waals surface area contributed by atoms with E-state index in [1.165, 1.54) is 12.0 Å². The van der Waals surface area contributed by atoms with Gasteiger partial charge in [0.25, 0.3) is 0 Å². The van der Waals surface area contributed by atoms with Crippen LogP contribution in [0.15, 0.2) is 24.3 Å². The molecule has 2 rings (SSSR count). The maximum atomic E-state index is 6.48. The molecule has 0 spiro atoms. The summed E-state index contributed by atoms with van der Waals surface area (Å²) in [7, 11) is 0. The smallest absolute Gasteiger partial charge is 0.0438 e. The van der Waals surface area contributed by atoms with Crippen LogP contribution in [0.4, 0.5) is 0 Å². The van der Waals surface area contributed by atoms with Crippen molar-refractivity contribution in [1.29, 1.82) is 0 Å². The van der Waals surface area contributed by atoms with Gasteiger partial charge in [-0.25, -0.2) is 0 Å². The van der Waals surface area contributed by atoms with Crippen molar-refractivity contribution in [1.82, 2.24) is 0 Å². The van der Waals surface area contributed by atoms with E-state index in [9.17, 15) is 0 Å². The monoisotopic (exact) mass is 237 g/mol. The molecular formula is C14H20ClN. The third-order valence-corrected chi connectivity index (χ3v) is 4.00. The van der Waals surface area contributed by atoms with Crippen LogP contribution < -0.4 is 5.73 Å². The number of halogens is 1. The molecule has 1 aromatic rings. The van der Waals surface area contributed by atoms with Crippen molar-refractivity contribution in [3.8, 4) is 0 Å². The minimum atomic E-state index is -0.0610. The fourth-order valence-electron chi connectivity index (χ4n) is 2.89. The third-order valence-electron chi connectivity index (χ3n) is 3.63. The Balaban J connectivity index is 2.14. The zero-order valence-corrected chi connectivity index (χ0v) is 10.8. The van der Waals surface area contributed by atoms with E-state index in [4.69, 9.17) is 17.3 Å². The molecule has 16 heavy (non-hydrogen) atoms. The molecule has 1 saturated carbocycles. The normalized spacial score (nSPS) is 28.2. The van der Waals surface area contributed by atoms with Crippen LogP contribution in [0, 0.1) is 5.41 Å². The lowest BCUT2D eigenvalue weighted by atomic mass is 9.85. The van der Waals surface area contributed by atoms with Crippen LogP contribution in [0.25, 0.3) is 0 Å². The summed E-state index contributed by atoms with van der Waals surface area (Å²) in [5.74, 6) is 0. The average molecular weight is 238 g/mol. The van der Waals surface area contributed by atoms with Crippen LogP contribution in [-0.4, -0.2) is 5.54 Å². The van der Waals surface area contributed by atoms with Crippen LogP contribution in [0.2, 0.25) is 5.02 Å². The molecule has 1 fully saturated rings. The van der Waals surface area contributed by atoms with Gasteiger partial charge in [0.2, 0.25) is 0 Å². The van der Waals surface area contributed by atoms with Gasteiger partial charge >= 0.3 is 0 Å². The second-order valence-corrected chi connectivity index (χ2v) is 6.38. The highest BCUT2D eigenvalue weighted by molar-refractivity contribution is 6.31. The Labute approximate surface area is 103 Å². The van der Waals surface area contributed by atoms with Gasteiger partial charge in [0.05, 0.1) is 0 Å². The van der Waals surface area contributed by atoms with Crippen molar-refractivity contribution in [2.45, 2.75) is 45.1 Å². The summed E-state index contributed by atoms with van der Waals surface area (Å²) in [6, 6.07) is 8.03. The highest BCUT2D eigenvalue weighted by atomic mass is 35.5. The number of hydrogen-bond acceptors (Lipinski definition) is 1. The Morgan fingerprint density at radius 2 is 1.94 bits per heavy atom. The van der Waals surface area contributed by atoms with Crippen LogP contribution in [-0.2, 0) is 6.42 Å². The Morgan fingerprint density at radius 1 is 1.25 bits per heavy atom. The van der Waals surface area contributed by atoms with E-state index >= 15 is 0 Å². The van der Waals surface area contributed by atoms with Gasteiger partial charge in [-0.2, -0.15) is 0 Å². The van der Waals surface area contributed by atoms with Crippen molar-refractivity contribution >= 4 is 11.6 Å². The molecule has 1 nitrogen and oxygen atoms in total. The molecule has 88 valence electrons.